The highest BCUT2D eigenvalue weighted by atomic mass is 15.3. The van der Waals surface area contributed by atoms with E-state index >= 15 is 0 Å². The fourth-order valence-electron chi connectivity index (χ4n) is 1.39. The Morgan fingerprint density at radius 1 is 1.29 bits per heavy atom. The van der Waals surface area contributed by atoms with Crippen LogP contribution in [0.1, 0.15) is 25.7 Å². The summed E-state index contributed by atoms with van der Waals surface area (Å²) >= 11 is 0. The molecule has 2 aromatic heterocycles. The number of rotatable bonds is 2. The number of fused-ring (bicyclic) bond motifs is 1. The average molecular weight is 190 g/mol. The summed E-state index contributed by atoms with van der Waals surface area (Å²) in [5, 5.41) is 8.16. The Balaban J connectivity index is 2.53. The quantitative estimate of drug-likeness (QED) is 0.778. The van der Waals surface area contributed by atoms with Crippen molar-refractivity contribution in [1.29, 1.82) is 0 Å². The van der Waals surface area contributed by atoms with Crippen LogP contribution in [0.25, 0.3) is 5.65 Å². The maximum Gasteiger partial charge on any atom is 0.160 e. The van der Waals surface area contributed by atoms with E-state index in [4.69, 9.17) is 5.73 Å². The molecule has 1 atom stereocenters. The summed E-state index contributed by atoms with van der Waals surface area (Å²) in [6.07, 6.45) is 1.94. The molecule has 0 radical (unpaired) electrons. The zero-order valence-electron chi connectivity index (χ0n) is 8.38. The summed E-state index contributed by atoms with van der Waals surface area (Å²) in [4.78, 5) is 0. The second-order valence-corrected chi connectivity index (χ2v) is 3.76. The van der Waals surface area contributed by atoms with Crippen LogP contribution in [0.15, 0.2) is 24.4 Å². The molecule has 4 nitrogen and oxygen atoms in total. The molecule has 0 bridgehead atoms. The van der Waals surface area contributed by atoms with Crippen molar-refractivity contribution in [3.05, 3.63) is 30.2 Å². The van der Waals surface area contributed by atoms with Crippen LogP contribution >= 0.6 is 0 Å². The van der Waals surface area contributed by atoms with Crippen LogP contribution in [0.5, 0.6) is 0 Å². The molecule has 0 aliphatic rings. The van der Waals surface area contributed by atoms with Crippen molar-refractivity contribution in [2.45, 2.75) is 19.9 Å². The van der Waals surface area contributed by atoms with Gasteiger partial charge >= 0.3 is 0 Å². The molecule has 0 aliphatic carbocycles. The van der Waals surface area contributed by atoms with Crippen LogP contribution < -0.4 is 5.73 Å². The Hall–Kier alpha value is -1.42. The molecule has 0 aliphatic heterocycles. The van der Waals surface area contributed by atoms with Gasteiger partial charge in [0.15, 0.2) is 11.5 Å². The SMILES string of the molecule is CC(C)[C@H](N)c1nnc2ccccn12. The van der Waals surface area contributed by atoms with Crippen LogP contribution in [-0.2, 0) is 0 Å². The van der Waals surface area contributed by atoms with Crippen molar-refractivity contribution in [2.75, 3.05) is 0 Å². The molecule has 14 heavy (non-hydrogen) atoms. The Kier molecular flexibility index (Phi) is 2.21. The third kappa shape index (κ3) is 1.37. The van der Waals surface area contributed by atoms with Crippen molar-refractivity contribution in [3.8, 4) is 0 Å². The summed E-state index contributed by atoms with van der Waals surface area (Å²) < 4.78 is 1.94. The Labute approximate surface area is 82.8 Å². The van der Waals surface area contributed by atoms with E-state index in [9.17, 15) is 0 Å². The van der Waals surface area contributed by atoms with Gasteiger partial charge in [0.05, 0.1) is 6.04 Å². The lowest BCUT2D eigenvalue weighted by molar-refractivity contribution is 0.486. The third-order valence-electron chi connectivity index (χ3n) is 2.36. The minimum Gasteiger partial charge on any atom is -0.321 e. The number of aromatic nitrogens is 3. The molecule has 2 rings (SSSR count). The highest BCUT2D eigenvalue weighted by molar-refractivity contribution is 5.37. The lowest BCUT2D eigenvalue weighted by Crippen LogP contribution is -2.19. The second kappa shape index (κ2) is 3.38. The monoisotopic (exact) mass is 190 g/mol. The van der Waals surface area contributed by atoms with Crippen LogP contribution in [-0.4, -0.2) is 14.6 Å². The van der Waals surface area contributed by atoms with E-state index in [0.29, 0.717) is 5.92 Å². The molecule has 2 aromatic rings. The summed E-state index contributed by atoms with van der Waals surface area (Å²) in [6, 6.07) is 5.75. The van der Waals surface area contributed by atoms with Gasteiger partial charge in [-0.25, -0.2) is 0 Å². The summed E-state index contributed by atoms with van der Waals surface area (Å²) in [5.41, 5.74) is 6.87. The standard InChI is InChI=1S/C10H14N4/c1-7(2)9(11)10-13-12-8-5-3-4-6-14(8)10/h3-7,9H,11H2,1-2H3/t9-/m0/s1. The van der Waals surface area contributed by atoms with E-state index in [-0.39, 0.29) is 6.04 Å². The van der Waals surface area contributed by atoms with E-state index in [1.54, 1.807) is 0 Å². The Morgan fingerprint density at radius 3 is 2.79 bits per heavy atom. The lowest BCUT2D eigenvalue weighted by atomic mass is 10.1. The maximum absolute atomic E-state index is 6.02. The molecule has 0 aromatic carbocycles. The highest BCUT2D eigenvalue weighted by Gasteiger charge is 2.16. The predicted molar refractivity (Wildman–Crippen MR) is 54.8 cm³/mol. The molecule has 2 heterocycles. The molecule has 74 valence electrons. The molecule has 0 fully saturated rings. The smallest absolute Gasteiger partial charge is 0.160 e. The largest absolute Gasteiger partial charge is 0.321 e. The number of hydrogen-bond acceptors (Lipinski definition) is 3. The number of hydrogen-bond donors (Lipinski definition) is 1. The highest BCUT2D eigenvalue weighted by Crippen LogP contribution is 2.17. The predicted octanol–water partition coefficient (Wildman–Crippen LogP) is 1.39. The Morgan fingerprint density at radius 2 is 2.07 bits per heavy atom. The van der Waals surface area contributed by atoms with Gasteiger partial charge < -0.3 is 5.73 Å². The number of nitrogens with two attached hydrogens (primary N) is 1. The molecule has 0 saturated heterocycles. The first-order valence-corrected chi connectivity index (χ1v) is 4.75. The maximum atomic E-state index is 6.02. The second-order valence-electron chi connectivity index (χ2n) is 3.76. The minimum atomic E-state index is -0.0626. The zero-order valence-corrected chi connectivity index (χ0v) is 8.38. The lowest BCUT2D eigenvalue weighted by Gasteiger charge is -2.12. The van der Waals surface area contributed by atoms with Gasteiger partial charge in [-0.15, -0.1) is 10.2 Å². The van der Waals surface area contributed by atoms with Crippen molar-refractivity contribution in [1.82, 2.24) is 14.6 Å². The fourth-order valence-corrected chi connectivity index (χ4v) is 1.39. The molecular weight excluding hydrogens is 176 g/mol. The minimum absolute atomic E-state index is 0.0626. The molecule has 0 spiro atoms. The number of pyridine rings is 1. The van der Waals surface area contributed by atoms with E-state index < -0.39 is 0 Å². The van der Waals surface area contributed by atoms with Gasteiger partial charge in [0.1, 0.15) is 0 Å². The summed E-state index contributed by atoms with van der Waals surface area (Å²) in [6.45, 7) is 4.16. The molecule has 4 heteroatoms. The summed E-state index contributed by atoms with van der Waals surface area (Å²) in [7, 11) is 0. The van der Waals surface area contributed by atoms with Gasteiger partial charge in [-0.2, -0.15) is 0 Å². The van der Waals surface area contributed by atoms with E-state index in [1.807, 2.05) is 28.8 Å². The van der Waals surface area contributed by atoms with Gasteiger partial charge in [-0.3, -0.25) is 4.40 Å². The van der Waals surface area contributed by atoms with E-state index in [0.717, 1.165) is 11.5 Å². The van der Waals surface area contributed by atoms with Crippen LogP contribution in [0.4, 0.5) is 0 Å². The van der Waals surface area contributed by atoms with Crippen molar-refractivity contribution >= 4 is 5.65 Å². The van der Waals surface area contributed by atoms with Gasteiger partial charge in [-0.05, 0) is 18.1 Å². The van der Waals surface area contributed by atoms with Gasteiger partial charge in [0, 0.05) is 6.20 Å². The first kappa shape index (κ1) is 9.15. The normalized spacial score (nSPS) is 13.7. The third-order valence-corrected chi connectivity index (χ3v) is 2.36. The molecule has 0 amide bonds. The van der Waals surface area contributed by atoms with Crippen LogP contribution in [0.2, 0.25) is 0 Å². The van der Waals surface area contributed by atoms with Crippen molar-refractivity contribution < 1.29 is 0 Å². The van der Waals surface area contributed by atoms with E-state index in [1.165, 1.54) is 0 Å². The Bertz CT molecular complexity index is 432. The first-order valence-electron chi connectivity index (χ1n) is 4.75. The van der Waals surface area contributed by atoms with Gasteiger partial charge in [0.25, 0.3) is 0 Å². The number of nitrogens with zero attached hydrogens (tertiary/aromatic N) is 3. The van der Waals surface area contributed by atoms with Crippen molar-refractivity contribution in [3.63, 3.8) is 0 Å². The molecular formula is C10H14N4. The first-order chi connectivity index (χ1) is 6.70. The molecule has 0 saturated carbocycles. The fraction of sp³-hybridized carbons (Fsp3) is 0.400. The molecule has 0 unspecified atom stereocenters. The molecule has 2 N–H and O–H groups in total. The van der Waals surface area contributed by atoms with Crippen LogP contribution in [0.3, 0.4) is 0 Å². The zero-order chi connectivity index (χ0) is 10.1. The van der Waals surface area contributed by atoms with Gasteiger partial charge in [0.2, 0.25) is 0 Å². The van der Waals surface area contributed by atoms with E-state index in [2.05, 4.69) is 24.0 Å². The van der Waals surface area contributed by atoms with Crippen molar-refractivity contribution in [2.24, 2.45) is 11.7 Å². The average Bonchev–Trinajstić information content (AvgIpc) is 2.60. The summed E-state index contributed by atoms with van der Waals surface area (Å²) in [5.74, 6) is 1.19. The van der Waals surface area contributed by atoms with Crippen LogP contribution in [0, 0.1) is 5.92 Å². The van der Waals surface area contributed by atoms with Gasteiger partial charge in [-0.1, -0.05) is 19.9 Å². The topological polar surface area (TPSA) is 56.2 Å².